The standard InChI is InChI=1S/C6H10O5.H3N/c1-3(7)5(9)11-6(10)4(2)8;/h3-4,7-8H,1-2H3;1H3. The van der Waals surface area contributed by atoms with Crippen LogP contribution < -0.4 is 6.15 Å². The van der Waals surface area contributed by atoms with Crippen molar-refractivity contribution in [3.63, 3.8) is 0 Å². The predicted molar refractivity (Wildman–Crippen MR) is 39.5 cm³/mol. The van der Waals surface area contributed by atoms with Gasteiger partial charge in [0.25, 0.3) is 0 Å². The van der Waals surface area contributed by atoms with Gasteiger partial charge in [-0.25, -0.2) is 9.59 Å². The van der Waals surface area contributed by atoms with E-state index in [1.165, 1.54) is 0 Å². The van der Waals surface area contributed by atoms with Crippen LogP contribution in [0.25, 0.3) is 0 Å². The summed E-state index contributed by atoms with van der Waals surface area (Å²) in [5, 5.41) is 17.1. The van der Waals surface area contributed by atoms with Gasteiger partial charge in [-0.2, -0.15) is 0 Å². The number of ether oxygens (including phenoxy) is 1. The van der Waals surface area contributed by atoms with E-state index in [0.717, 1.165) is 13.8 Å². The molecule has 0 aliphatic rings. The summed E-state index contributed by atoms with van der Waals surface area (Å²) in [5.41, 5.74) is 0. The van der Waals surface area contributed by atoms with Gasteiger partial charge < -0.3 is 21.1 Å². The Morgan fingerprint density at radius 2 is 1.33 bits per heavy atom. The third-order valence-corrected chi connectivity index (χ3v) is 0.883. The van der Waals surface area contributed by atoms with Crippen LogP contribution in [0.4, 0.5) is 0 Å². The van der Waals surface area contributed by atoms with E-state index in [1.54, 1.807) is 0 Å². The van der Waals surface area contributed by atoms with Crippen LogP contribution in [0.3, 0.4) is 0 Å². The average molecular weight is 179 g/mol. The Morgan fingerprint density at radius 1 is 1.08 bits per heavy atom. The summed E-state index contributed by atoms with van der Waals surface area (Å²) < 4.78 is 4.00. The summed E-state index contributed by atoms with van der Waals surface area (Å²) in [6.45, 7) is 2.33. The number of aliphatic hydroxyl groups is 2. The van der Waals surface area contributed by atoms with Crippen molar-refractivity contribution >= 4 is 11.9 Å². The molecular formula is C6H13NO5. The second-order valence-corrected chi connectivity index (χ2v) is 2.09. The van der Waals surface area contributed by atoms with E-state index < -0.39 is 24.1 Å². The Balaban J connectivity index is 0. The molecule has 0 aliphatic carbocycles. The molecule has 6 heteroatoms. The van der Waals surface area contributed by atoms with Crippen LogP contribution in [0.5, 0.6) is 0 Å². The number of carbonyl (C=O) groups is 2. The van der Waals surface area contributed by atoms with Gasteiger partial charge in [-0.15, -0.1) is 0 Å². The van der Waals surface area contributed by atoms with Crippen molar-refractivity contribution in [2.24, 2.45) is 0 Å². The normalized spacial score (nSPS) is 14.0. The highest BCUT2D eigenvalue weighted by Crippen LogP contribution is 1.91. The molecule has 0 spiro atoms. The number of rotatable bonds is 2. The van der Waals surface area contributed by atoms with Gasteiger partial charge in [-0.3, -0.25) is 0 Å². The first-order valence-corrected chi connectivity index (χ1v) is 3.06. The number of esters is 2. The van der Waals surface area contributed by atoms with Crippen molar-refractivity contribution in [1.29, 1.82) is 0 Å². The molecule has 0 radical (unpaired) electrons. The summed E-state index contributed by atoms with van der Waals surface area (Å²) in [7, 11) is 0. The quantitative estimate of drug-likeness (QED) is 0.368. The van der Waals surface area contributed by atoms with Crippen molar-refractivity contribution in [2.45, 2.75) is 26.1 Å². The minimum Gasteiger partial charge on any atom is -0.389 e. The zero-order valence-electron chi connectivity index (χ0n) is 6.98. The SMILES string of the molecule is CC(O)C(=O)OC(=O)C(C)O.N. The van der Waals surface area contributed by atoms with Gasteiger partial charge in [-0.05, 0) is 13.8 Å². The monoisotopic (exact) mass is 179 g/mol. The Hall–Kier alpha value is -0.980. The van der Waals surface area contributed by atoms with E-state index >= 15 is 0 Å². The zero-order chi connectivity index (χ0) is 9.02. The van der Waals surface area contributed by atoms with Crippen molar-refractivity contribution in [2.75, 3.05) is 0 Å². The largest absolute Gasteiger partial charge is 0.389 e. The molecule has 0 bridgehead atoms. The van der Waals surface area contributed by atoms with Gasteiger partial charge in [-0.1, -0.05) is 0 Å². The van der Waals surface area contributed by atoms with Gasteiger partial charge in [0.15, 0.2) is 0 Å². The van der Waals surface area contributed by atoms with Crippen molar-refractivity contribution < 1.29 is 24.5 Å². The summed E-state index contributed by atoms with van der Waals surface area (Å²) in [4.78, 5) is 20.9. The molecule has 0 rings (SSSR count). The molecule has 0 aromatic carbocycles. The molecule has 2 atom stereocenters. The average Bonchev–Trinajstić information content (AvgIpc) is 1.87. The first-order valence-electron chi connectivity index (χ1n) is 3.06. The number of hydrogen-bond donors (Lipinski definition) is 3. The van der Waals surface area contributed by atoms with E-state index in [2.05, 4.69) is 4.74 Å². The lowest BCUT2D eigenvalue weighted by molar-refractivity contribution is -0.170. The maximum Gasteiger partial charge on any atom is 0.342 e. The minimum absolute atomic E-state index is 0. The number of carbonyl (C=O) groups excluding carboxylic acids is 2. The lowest BCUT2D eigenvalue weighted by Crippen LogP contribution is -2.28. The third kappa shape index (κ3) is 4.78. The first-order chi connectivity index (χ1) is 4.95. The zero-order valence-corrected chi connectivity index (χ0v) is 6.98. The van der Waals surface area contributed by atoms with E-state index in [9.17, 15) is 9.59 Å². The molecule has 72 valence electrons. The molecular weight excluding hydrogens is 166 g/mol. The van der Waals surface area contributed by atoms with Gasteiger partial charge in [0.2, 0.25) is 0 Å². The van der Waals surface area contributed by atoms with E-state index in [1.807, 2.05) is 0 Å². The number of hydrogen-bond acceptors (Lipinski definition) is 6. The number of aliphatic hydroxyl groups excluding tert-OH is 2. The van der Waals surface area contributed by atoms with Crippen LogP contribution in [-0.2, 0) is 14.3 Å². The summed E-state index contributed by atoms with van der Waals surface area (Å²) >= 11 is 0. The summed E-state index contributed by atoms with van der Waals surface area (Å²) in [6, 6.07) is 0. The third-order valence-electron chi connectivity index (χ3n) is 0.883. The van der Waals surface area contributed by atoms with Crippen LogP contribution in [0, 0.1) is 0 Å². The topological polar surface area (TPSA) is 119 Å². The van der Waals surface area contributed by atoms with Gasteiger partial charge in [0, 0.05) is 0 Å². The van der Waals surface area contributed by atoms with Crippen molar-refractivity contribution in [3.05, 3.63) is 0 Å². The second kappa shape index (κ2) is 5.64. The summed E-state index contributed by atoms with van der Waals surface area (Å²) in [5.74, 6) is -2.12. The Kier molecular flexibility index (Phi) is 6.39. The molecule has 6 nitrogen and oxygen atoms in total. The van der Waals surface area contributed by atoms with Crippen LogP contribution in [-0.4, -0.2) is 34.4 Å². The molecule has 0 aliphatic heterocycles. The molecule has 0 fully saturated rings. The molecule has 0 saturated heterocycles. The first kappa shape index (κ1) is 13.6. The fraction of sp³-hybridized carbons (Fsp3) is 0.667. The molecule has 0 saturated carbocycles. The van der Waals surface area contributed by atoms with Crippen LogP contribution in [0.1, 0.15) is 13.8 Å². The van der Waals surface area contributed by atoms with Gasteiger partial charge >= 0.3 is 11.9 Å². The maximum absolute atomic E-state index is 10.5. The highest BCUT2D eigenvalue weighted by Gasteiger charge is 2.18. The van der Waals surface area contributed by atoms with Gasteiger partial charge in [0.1, 0.15) is 12.2 Å². The van der Waals surface area contributed by atoms with E-state index in [0.29, 0.717) is 0 Å². The molecule has 0 aromatic heterocycles. The molecule has 0 amide bonds. The molecule has 12 heavy (non-hydrogen) atoms. The summed E-state index contributed by atoms with van der Waals surface area (Å²) in [6.07, 6.45) is -2.70. The van der Waals surface area contributed by atoms with Crippen molar-refractivity contribution in [3.8, 4) is 0 Å². The van der Waals surface area contributed by atoms with Crippen molar-refractivity contribution in [1.82, 2.24) is 6.15 Å². The minimum atomic E-state index is -1.35. The molecule has 0 heterocycles. The molecule has 2 unspecified atom stereocenters. The Labute approximate surface area is 69.7 Å². The molecule has 5 N–H and O–H groups in total. The Bertz CT molecular complexity index is 147. The van der Waals surface area contributed by atoms with Crippen LogP contribution in [0.2, 0.25) is 0 Å². The fourth-order valence-electron chi connectivity index (χ4n) is 0.270. The predicted octanol–water partition coefficient (Wildman–Crippen LogP) is -1.02. The second-order valence-electron chi connectivity index (χ2n) is 2.09. The van der Waals surface area contributed by atoms with E-state index in [4.69, 9.17) is 10.2 Å². The van der Waals surface area contributed by atoms with Crippen LogP contribution >= 0.6 is 0 Å². The fourth-order valence-corrected chi connectivity index (χ4v) is 0.270. The highest BCUT2D eigenvalue weighted by atomic mass is 16.6. The lowest BCUT2D eigenvalue weighted by Gasteiger charge is -2.05. The highest BCUT2D eigenvalue weighted by molar-refractivity contribution is 5.89. The maximum atomic E-state index is 10.5. The van der Waals surface area contributed by atoms with Crippen LogP contribution in [0.15, 0.2) is 0 Å². The van der Waals surface area contributed by atoms with E-state index in [-0.39, 0.29) is 6.15 Å². The Morgan fingerprint density at radius 3 is 1.50 bits per heavy atom. The smallest absolute Gasteiger partial charge is 0.342 e. The lowest BCUT2D eigenvalue weighted by atomic mass is 10.4. The van der Waals surface area contributed by atoms with Gasteiger partial charge in [0.05, 0.1) is 0 Å². The molecule has 0 aromatic rings.